The van der Waals surface area contributed by atoms with Gasteiger partial charge in [-0.3, -0.25) is 4.79 Å². The number of nitrogens with one attached hydrogen (secondary N) is 3. The van der Waals surface area contributed by atoms with Crippen molar-refractivity contribution in [2.75, 3.05) is 28.2 Å². The first-order valence-corrected chi connectivity index (χ1v) is 10.7. The van der Waals surface area contributed by atoms with E-state index in [4.69, 9.17) is 0 Å². The molecular formula is C22H20N6OS. The lowest BCUT2D eigenvalue weighted by atomic mass is 10.1. The average Bonchev–Trinajstić information content (AvgIpc) is 3.36. The molecule has 4 aromatic rings. The summed E-state index contributed by atoms with van der Waals surface area (Å²) in [6, 6.07) is 14.0. The highest BCUT2D eigenvalue weighted by Gasteiger charge is 2.18. The number of fused-ring (bicyclic) bond motifs is 2. The number of amides is 1. The van der Waals surface area contributed by atoms with Crippen LogP contribution in [0.5, 0.6) is 0 Å². The molecule has 30 heavy (non-hydrogen) atoms. The van der Waals surface area contributed by atoms with Crippen molar-refractivity contribution in [2.45, 2.75) is 6.42 Å². The number of H-pyrrole nitrogens is 1. The molecule has 0 bridgehead atoms. The number of hydrogen-bond donors (Lipinski definition) is 3. The fourth-order valence-electron chi connectivity index (χ4n) is 3.68. The van der Waals surface area contributed by atoms with E-state index in [1.807, 2.05) is 47.9 Å². The van der Waals surface area contributed by atoms with E-state index >= 15 is 0 Å². The van der Waals surface area contributed by atoms with Gasteiger partial charge in [-0.1, -0.05) is 11.9 Å². The van der Waals surface area contributed by atoms with Crippen LogP contribution in [-0.2, 0) is 11.2 Å². The molecule has 0 radical (unpaired) electrons. The third-order valence-corrected chi connectivity index (χ3v) is 5.91. The number of aromatic nitrogens is 3. The molecule has 8 heteroatoms. The van der Waals surface area contributed by atoms with Crippen LogP contribution in [0.1, 0.15) is 5.56 Å². The van der Waals surface area contributed by atoms with E-state index in [1.165, 1.54) is 0 Å². The standard InChI is InChI=1S/C22H20N6OS/c1-28(30-2)22-16(4-3-8-24-22)18-11-13-7-9-23-21(20(13)27-18)25-15-5-6-17-14(10-15)12-19(29)26-17/h3-11,27H,12H2,1-2H3,(H,23,25)(H,26,29). The lowest BCUT2D eigenvalue weighted by molar-refractivity contribution is -0.115. The minimum absolute atomic E-state index is 0.0267. The van der Waals surface area contributed by atoms with Crippen LogP contribution in [0.15, 0.2) is 54.9 Å². The predicted molar refractivity (Wildman–Crippen MR) is 123 cm³/mol. The van der Waals surface area contributed by atoms with Gasteiger partial charge >= 0.3 is 0 Å². The fourth-order valence-corrected chi connectivity index (χ4v) is 4.00. The second kappa shape index (κ2) is 7.38. The molecule has 3 N–H and O–H groups in total. The summed E-state index contributed by atoms with van der Waals surface area (Å²) in [4.78, 5) is 24.2. The fraction of sp³-hybridized carbons (Fsp3) is 0.136. The summed E-state index contributed by atoms with van der Waals surface area (Å²) in [7, 11) is 2.00. The van der Waals surface area contributed by atoms with Crippen molar-refractivity contribution >= 4 is 51.8 Å². The maximum absolute atomic E-state index is 11.6. The molecule has 5 rings (SSSR count). The lowest BCUT2D eigenvalue weighted by Crippen LogP contribution is -2.08. The number of hydrogen-bond acceptors (Lipinski definition) is 6. The van der Waals surface area contributed by atoms with Gasteiger partial charge in [0.25, 0.3) is 0 Å². The van der Waals surface area contributed by atoms with Gasteiger partial charge in [0, 0.05) is 48.0 Å². The number of carbonyl (C=O) groups is 1. The van der Waals surface area contributed by atoms with E-state index in [2.05, 4.69) is 37.7 Å². The molecule has 0 saturated heterocycles. The smallest absolute Gasteiger partial charge is 0.228 e. The maximum atomic E-state index is 11.6. The van der Waals surface area contributed by atoms with Gasteiger partial charge in [0.2, 0.25) is 5.91 Å². The topological polar surface area (TPSA) is 85.9 Å². The van der Waals surface area contributed by atoms with E-state index in [0.717, 1.165) is 50.7 Å². The molecule has 150 valence electrons. The quantitative estimate of drug-likeness (QED) is 0.413. The lowest BCUT2D eigenvalue weighted by Gasteiger charge is -2.17. The Kier molecular flexibility index (Phi) is 4.55. The van der Waals surface area contributed by atoms with Gasteiger partial charge in [0.15, 0.2) is 5.82 Å². The minimum Gasteiger partial charge on any atom is -0.351 e. The Balaban J connectivity index is 1.53. The summed E-state index contributed by atoms with van der Waals surface area (Å²) in [6.07, 6.45) is 6.02. The number of anilines is 4. The van der Waals surface area contributed by atoms with Crippen LogP contribution in [0, 0.1) is 0 Å². The highest BCUT2D eigenvalue weighted by molar-refractivity contribution is 7.99. The van der Waals surface area contributed by atoms with Crippen molar-refractivity contribution in [3.8, 4) is 11.3 Å². The summed E-state index contributed by atoms with van der Waals surface area (Å²) in [5, 5.41) is 7.31. The molecule has 0 aliphatic carbocycles. The van der Waals surface area contributed by atoms with Crippen molar-refractivity contribution in [3.05, 3.63) is 60.4 Å². The highest BCUT2D eigenvalue weighted by atomic mass is 32.2. The van der Waals surface area contributed by atoms with Gasteiger partial charge in [0.05, 0.1) is 17.6 Å². The summed E-state index contributed by atoms with van der Waals surface area (Å²) >= 11 is 1.61. The first-order valence-electron chi connectivity index (χ1n) is 9.53. The Morgan fingerprint density at radius 1 is 1.13 bits per heavy atom. The van der Waals surface area contributed by atoms with Gasteiger partial charge in [-0.2, -0.15) is 0 Å². The zero-order valence-corrected chi connectivity index (χ0v) is 17.4. The van der Waals surface area contributed by atoms with Crippen LogP contribution >= 0.6 is 11.9 Å². The number of aromatic amines is 1. The summed E-state index contributed by atoms with van der Waals surface area (Å²) < 4.78 is 2.04. The summed E-state index contributed by atoms with van der Waals surface area (Å²) in [5.41, 5.74) is 5.69. The van der Waals surface area contributed by atoms with Crippen LogP contribution < -0.4 is 14.9 Å². The second-order valence-corrected chi connectivity index (χ2v) is 8.00. The largest absolute Gasteiger partial charge is 0.351 e. The Bertz CT molecular complexity index is 1270. The van der Waals surface area contributed by atoms with Crippen LogP contribution in [0.3, 0.4) is 0 Å². The SMILES string of the molecule is CSN(C)c1ncccc1-c1cc2ccnc(Nc3ccc4c(c3)CC(=O)N4)c2[nH]1. The molecule has 1 aliphatic rings. The zero-order valence-electron chi connectivity index (χ0n) is 16.6. The van der Waals surface area contributed by atoms with E-state index in [1.54, 1.807) is 24.3 Å². The predicted octanol–water partition coefficient (Wildman–Crippen LogP) is 4.58. The van der Waals surface area contributed by atoms with Crippen molar-refractivity contribution in [1.29, 1.82) is 0 Å². The van der Waals surface area contributed by atoms with Gasteiger partial charge in [-0.15, -0.1) is 0 Å². The van der Waals surface area contributed by atoms with E-state index in [9.17, 15) is 4.79 Å². The molecular weight excluding hydrogens is 396 g/mol. The normalized spacial score (nSPS) is 12.7. The number of benzene rings is 1. The third-order valence-electron chi connectivity index (χ3n) is 5.18. The van der Waals surface area contributed by atoms with Crippen LogP contribution in [0.4, 0.5) is 23.0 Å². The van der Waals surface area contributed by atoms with Crippen LogP contribution in [0.25, 0.3) is 22.2 Å². The summed E-state index contributed by atoms with van der Waals surface area (Å²) in [5.74, 6) is 1.66. The molecule has 1 aliphatic heterocycles. The minimum atomic E-state index is 0.0267. The molecule has 0 spiro atoms. The van der Waals surface area contributed by atoms with Gasteiger partial charge < -0.3 is 19.9 Å². The second-order valence-electron chi connectivity index (χ2n) is 7.08. The van der Waals surface area contributed by atoms with E-state index in [-0.39, 0.29) is 5.91 Å². The number of carbonyl (C=O) groups excluding carboxylic acids is 1. The Hall–Kier alpha value is -3.52. The van der Waals surface area contributed by atoms with Crippen molar-refractivity contribution in [2.24, 2.45) is 0 Å². The molecule has 1 aromatic carbocycles. The molecule has 0 fully saturated rings. The molecule has 3 aromatic heterocycles. The van der Waals surface area contributed by atoms with Crippen molar-refractivity contribution in [3.63, 3.8) is 0 Å². The molecule has 0 unspecified atom stereocenters. The van der Waals surface area contributed by atoms with Gasteiger partial charge in [0.1, 0.15) is 5.82 Å². The molecule has 4 heterocycles. The first-order chi connectivity index (χ1) is 14.6. The molecule has 0 saturated carbocycles. The summed E-state index contributed by atoms with van der Waals surface area (Å²) in [6.45, 7) is 0. The van der Waals surface area contributed by atoms with Crippen molar-refractivity contribution in [1.82, 2.24) is 15.0 Å². The highest BCUT2D eigenvalue weighted by Crippen LogP contribution is 2.34. The molecule has 0 atom stereocenters. The number of rotatable bonds is 5. The maximum Gasteiger partial charge on any atom is 0.228 e. The molecule has 1 amide bonds. The Labute approximate surface area is 178 Å². The van der Waals surface area contributed by atoms with E-state index in [0.29, 0.717) is 6.42 Å². The Morgan fingerprint density at radius 3 is 2.90 bits per heavy atom. The number of nitrogens with zero attached hydrogens (tertiary/aromatic N) is 3. The van der Waals surface area contributed by atoms with E-state index < -0.39 is 0 Å². The Morgan fingerprint density at radius 2 is 2.03 bits per heavy atom. The number of pyridine rings is 2. The van der Waals surface area contributed by atoms with Crippen molar-refractivity contribution < 1.29 is 4.79 Å². The van der Waals surface area contributed by atoms with Crippen LogP contribution in [0.2, 0.25) is 0 Å². The molecule has 7 nitrogen and oxygen atoms in total. The first kappa shape index (κ1) is 18.5. The monoisotopic (exact) mass is 416 g/mol. The zero-order chi connectivity index (χ0) is 20.7. The van der Waals surface area contributed by atoms with Crippen LogP contribution in [-0.4, -0.2) is 34.2 Å². The third kappa shape index (κ3) is 3.25. The van der Waals surface area contributed by atoms with Gasteiger partial charge in [-0.05, 0) is 48.0 Å². The van der Waals surface area contributed by atoms with Gasteiger partial charge in [-0.25, -0.2) is 9.97 Å². The average molecular weight is 417 g/mol.